The quantitative estimate of drug-likeness (QED) is 0.465. The maximum absolute atomic E-state index is 5.83. The molecule has 78 valence electrons. The molecule has 0 saturated heterocycles. The number of thioether (sulfide) groups is 1. The van der Waals surface area contributed by atoms with Gasteiger partial charge in [0.25, 0.3) is 0 Å². The normalized spacial score (nSPS) is 10.4. The molecule has 0 bridgehead atoms. The van der Waals surface area contributed by atoms with Gasteiger partial charge >= 0.3 is 0 Å². The molecule has 3 heteroatoms. The minimum atomic E-state index is 0.709. The van der Waals surface area contributed by atoms with Gasteiger partial charge in [-0.05, 0) is 30.4 Å². The minimum Gasteiger partial charge on any atom is -0.398 e. The van der Waals surface area contributed by atoms with Crippen LogP contribution in [0, 0.1) is 0 Å². The Morgan fingerprint density at radius 1 is 1.36 bits per heavy atom. The van der Waals surface area contributed by atoms with Gasteiger partial charge in [0.2, 0.25) is 0 Å². The molecular formula is C11H16ClNS. The molecule has 0 fully saturated rings. The maximum atomic E-state index is 5.83. The Morgan fingerprint density at radius 2 is 2.14 bits per heavy atom. The van der Waals surface area contributed by atoms with Crippen LogP contribution in [-0.2, 0) is 0 Å². The topological polar surface area (TPSA) is 26.0 Å². The molecule has 0 saturated carbocycles. The van der Waals surface area contributed by atoms with Crippen molar-refractivity contribution in [1.82, 2.24) is 0 Å². The molecule has 1 aromatic rings. The number of hydrogen-bond donors (Lipinski definition) is 1. The molecule has 0 aliphatic carbocycles. The highest BCUT2D eigenvalue weighted by atomic mass is 35.5. The van der Waals surface area contributed by atoms with Crippen LogP contribution in [0.4, 0.5) is 5.69 Å². The average molecular weight is 230 g/mol. The molecule has 0 radical (unpaired) electrons. The summed E-state index contributed by atoms with van der Waals surface area (Å²) in [6, 6.07) is 5.69. The lowest BCUT2D eigenvalue weighted by atomic mass is 10.3. The zero-order valence-electron chi connectivity index (χ0n) is 8.42. The van der Waals surface area contributed by atoms with Crippen molar-refractivity contribution in [2.75, 3.05) is 11.5 Å². The van der Waals surface area contributed by atoms with Crippen LogP contribution >= 0.6 is 23.4 Å². The second-order valence-electron chi connectivity index (χ2n) is 3.24. The summed E-state index contributed by atoms with van der Waals surface area (Å²) in [5.41, 5.74) is 6.62. The van der Waals surface area contributed by atoms with Gasteiger partial charge in [0.05, 0.1) is 0 Å². The average Bonchev–Trinajstić information content (AvgIpc) is 2.15. The Hall–Kier alpha value is -0.340. The van der Waals surface area contributed by atoms with Gasteiger partial charge in [0.1, 0.15) is 0 Å². The SMILES string of the molecule is CCCCCSc1ccc(Cl)cc1N. The molecule has 0 aliphatic rings. The third-order valence-electron chi connectivity index (χ3n) is 1.98. The predicted molar refractivity (Wildman–Crippen MR) is 66.1 cm³/mol. The van der Waals surface area contributed by atoms with Crippen LogP contribution in [0.1, 0.15) is 26.2 Å². The van der Waals surface area contributed by atoms with E-state index >= 15 is 0 Å². The van der Waals surface area contributed by atoms with Crippen LogP contribution in [0.2, 0.25) is 5.02 Å². The molecule has 0 spiro atoms. The molecule has 0 unspecified atom stereocenters. The van der Waals surface area contributed by atoms with Crippen molar-refractivity contribution in [2.45, 2.75) is 31.1 Å². The summed E-state index contributed by atoms with van der Waals surface area (Å²) in [5, 5.41) is 0.709. The van der Waals surface area contributed by atoms with Crippen molar-refractivity contribution in [3.05, 3.63) is 23.2 Å². The third kappa shape index (κ3) is 3.81. The fourth-order valence-electron chi connectivity index (χ4n) is 1.18. The second-order valence-corrected chi connectivity index (χ2v) is 4.81. The molecule has 0 aliphatic heterocycles. The Kier molecular flexibility index (Phi) is 5.20. The van der Waals surface area contributed by atoms with Gasteiger partial charge < -0.3 is 5.73 Å². The largest absolute Gasteiger partial charge is 0.398 e. The Balaban J connectivity index is 2.42. The first-order valence-electron chi connectivity index (χ1n) is 4.92. The van der Waals surface area contributed by atoms with Crippen molar-refractivity contribution in [1.29, 1.82) is 0 Å². The van der Waals surface area contributed by atoms with Crippen LogP contribution in [0.5, 0.6) is 0 Å². The fourth-order valence-corrected chi connectivity index (χ4v) is 2.32. The summed E-state index contributed by atoms with van der Waals surface area (Å²) in [4.78, 5) is 1.14. The monoisotopic (exact) mass is 229 g/mol. The summed E-state index contributed by atoms with van der Waals surface area (Å²) in [5.74, 6) is 1.14. The van der Waals surface area contributed by atoms with Gasteiger partial charge in [0, 0.05) is 15.6 Å². The number of anilines is 1. The van der Waals surface area contributed by atoms with E-state index in [1.165, 1.54) is 19.3 Å². The fraction of sp³-hybridized carbons (Fsp3) is 0.455. The van der Waals surface area contributed by atoms with E-state index in [1.807, 2.05) is 30.0 Å². The van der Waals surface area contributed by atoms with Gasteiger partial charge in [-0.1, -0.05) is 31.4 Å². The Bertz CT molecular complexity index is 289. The summed E-state index contributed by atoms with van der Waals surface area (Å²) in [7, 11) is 0. The van der Waals surface area contributed by atoms with E-state index in [9.17, 15) is 0 Å². The van der Waals surface area contributed by atoms with E-state index in [0.717, 1.165) is 16.3 Å². The van der Waals surface area contributed by atoms with Gasteiger partial charge in [-0.25, -0.2) is 0 Å². The van der Waals surface area contributed by atoms with Crippen LogP contribution < -0.4 is 5.73 Å². The maximum Gasteiger partial charge on any atom is 0.0467 e. The zero-order valence-corrected chi connectivity index (χ0v) is 10.00. The Morgan fingerprint density at radius 3 is 2.79 bits per heavy atom. The van der Waals surface area contributed by atoms with Crippen molar-refractivity contribution < 1.29 is 0 Å². The Labute approximate surface area is 95.0 Å². The smallest absolute Gasteiger partial charge is 0.0467 e. The lowest BCUT2D eigenvalue weighted by Crippen LogP contribution is -1.89. The molecule has 14 heavy (non-hydrogen) atoms. The van der Waals surface area contributed by atoms with E-state index in [1.54, 1.807) is 0 Å². The highest BCUT2D eigenvalue weighted by molar-refractivity contribution is 7.99. The number of hydrogen-bond acceptors (Lipinski definition) is 2. The van der Waals surface area contributed by atoms with Crippen molar-refractivity contribution in [3.8, 4) is 0 Å². The van der Waals surface area contributed by atoms with Gasteiger partial charge in [-0.15, -0.1) is 11.8 Å². The van der Waals surface area contributed by atoms with Crippen molar-refractivity contribution in [2.24, 2.45) is 0 Å². The van der Waals surface area contributed by atoms with E-state index in [0.29, 0.717) is 5.02 Å². The molecule has 1 rings (SSSR count). The van der Waals surface area contributed by atoms with Crippen molar-refractivity contribution >= 4 is 29.1 Å². The number of nitrogen functional groups attached to an aromatic ring is 1. The minimum absolute atomic E-state index is 0.709. The van der Waals surface area contributed by atoms with Crippen molar-refractivity contribution in [3.63, 3.8) is 0 Å². The van der Waals surface area contributed by atoms with E-state index < -0.39 is 0 Å². The standard InChI is InChI=1S/C11H16ClNS/c1-2-3-4-7-14-11-6-5-9(12)8-10(11)13/h5-6,8H,2-4,7,13H2,1H3. The summed E-state index contributed by atoms with van der Waals surface area (Å²) in [6.07, 6.45) is 3.81. The molecule has 2 N–H and O–H groups in total. The van der Waals surface area contributed by atoms with Gasteiger partial charge in [-0.3, -0.25) is 0 Å². The third-order valence-corrected chi connectivity index (χ3v) is 3.39. The predicted octanol–water partition coefficient (Wildman–Crippen LogP) is 4.20. The second kappa shape index (κ2) is 6.20. The molecule has 0 aromatic heterocycles. The molecule has 0 heterocycles. The van der Waals surface area contributed by atoms with Crippen LogP contribution in [0.3, 0.4) is 0 Å². The first kappa shape index (κ1) is 11.7. The first-order valence-corrected chi connectivity index (χ1v) is 6.28. The molecular weight excluding hydrogens is 214 g/mol. The first-order chi connectivity index (χ1) is 6.74. The van der Waals surface area contributed by atoms with Crippen LogP contribution in [0.15, 0.2) is 23.1 Å². The van der Waals surface area contributed by atoms with Crippen LogP contribution in [0.25, 0.3) is 0 Å². The zero-order chi connectivity index (χ0) is 10.4. The number of nitrogens with two attached hydrogens (primary N) is 1. The number of unbranched alkanes of at least 4 members (excludes halogenated alkanes) is 2. The lowest BCUT2D eigenvalue weighted by Gasteiger charge is -2.05. The van der Waals surface area contributed by atoms with Crippen LogP contribution in [-0.4, -0.2) is 5.75 Å². The molecule has 1 aromatic carbocycles. The van der Waals surface area contributed by atoms with Gasteiger partial charge in [0.15, 0.2) is 0 Å². The van der Waals surface area contributed by atoms with E-state index in [4.69, 9.17) is 17.3 Å². The summed E-state index contributed by atoms with van der Waals surface area (Å²) in [6.45, 7) is 2.21. The summed E-state index contributed by atoms with van der Waals surface area (Å²) >= 11 is 7.62. The molecule has 0 amide bonds. The number of halogens is 1. The number of rotatable bonds is 5. The van der Waals surface area contributed by atoms with E-state index in [-0.39, 0.29) is 0 Å². The lowest BCUT2D eigenvalue weighted by molar-refractivity contribution is 0.778. The van der Waals surface area contributed by atoms with Gasteiger partial charge in [-0.2, -0.15) is 0 Å². The van der Waals surface area contributed by atoms with E-state index in [2.05, 4.69) is 6.92 Å². The summed E-state index contributed by atoms with van der Waals surface area (Å²) < 4.78 is 0. The molecule has 1 nitrogen and oxygen atoms in total. The highest BCUT2D eigenvalue weighted by Gasteiger charge is 1.99. The molecule has 0 atom stereocenters. The number of benzene rings is 1. The highest BCUT2D eigenvalue weighted by Crippen LogP contribution is 2.28.